The molecule has 0 unspecified atom stereocenters. The van der Waals surface area contributed by atoms with E-state index in [1.165, 1.54) is 19.3 Å². The van der Waals surface area contributed by atoms with Crippen molar-refractivity contribution >= 4 is 5.97 Å². The molecule has 2 fully saturated rings. The van der Waals surface area contributed by atoms with Crippen LogP contribution in [0.15, 0.2) is 0 Å². The third-order valence-electron chi connectivity index (χ3n) is 3.89. The highest BCUT2D eigenvalue weighted by Crippen LogP contribution is 2.30. The largest absolute Gasteiger partial charge is 0.464 e. The molecule has 0 saturated heterocycles. The lowest BCUT2D eigenvalue weighted by Gasteiger charge is -2.26. The summed E-state index contributed by atoms with van der Waals surface area (Å²) in [6.07, 6.45) is 8.73. The average molecular weight is 211 g/mol. The number of hydrogen-bond acceptors (Lipinski definition) is 3. The summed E-state index contributed by atoms with van der Waals surface area (Å²) in [6, 6.07) is 0. The van der Waals surface area contributed by atoms with Crippen molar-refractivity contribution in [1.82, 2.24) is 0 Å². The van der Waals surface area contributed by atoms with E-state index in [0.29, 0.717) is 6.61 Å². The molecule has 0 atom stereocenters. The average Bonchev–Trinajstić information content (AvgIpc) is 2.58. The predicted octanol–water partition coefficient (Wildman–Crippen LogP) is 1.99. The maximum absolute atomic E-state index is 11.7. The molecule has 86 valence electrons. The third kappa shape index (κ3) is 2.51. The Kier molecular flexibility index (Phi) is 3.29. The molecule has 2 aliphatic rings. The molecule has 2 N–H and O–H groups in total. The van der Waals surface area contributed by atoms with Crippen LogP contribution in [-0.4, -0.2) is 18.1 Å². The molecule has 3 heteroatoms. The SMILES string of the molecule is NC1(C(=O)OCCC2CCC2)CCCC1. The standard InChI is InChI=1S/C12H21NO2/c13-12(7-1-2-8-12)11(14)15-9-6-10-4-3-5-10/h10H,1-9,13H2. The summed E-state index contributed by atoms with van der Waals surface area (Å²) in [4.78, 5) is 11.7. The molecule has 3 nitrogen and oxygen atoms in total. The van der Waals surface area contributed by atoms with Crippen LogP contribution in [0.4, 0.5) is 0 Å². The number of carbonyl (C=O) groups is 1. The van der Waals surface area contributed by atoms with Gasteiger partial charge in [-0.3, -0.25) is 4.79 Å². The number of ether oxygens (including phenoxy) is 1. The van der Waals surface area contributed by atoms with Crippen molar-refractivity contribution in [3.63, 3.8) is 0 Å². The molecule has 2 saturated carbocycles. The lowest BCUT2D eigenvalue weighted by atomic mass is 9.83. The Hall–Kier alpha value is -0.570. The van der Waals surface area contributed by atoms with Crippen molar-refractivity contribution in [2.45, 2.75) is 56.9 Å². The van der Waals surface area contributed by atoms with E-state index in [0.717, 1.165) is 38.0 Å². The fraction of sp³-hybridized carbons (Fsp3) is 0.917. The third-order valence-corrected chi connectivity index (χ3v) is 3.89. The molecule has 0 spiro atoms. The first kappa shape index (κ1) is 10.9. The van der Waals surface area contributed by atoms with Gasteiger partial charge < -0.3 is 10.5 Å². The summed E-state index contributed by atoms with van der Waals surface area (Å²) in [5.74, 6) is 0.634. The highest BCUT2D eigenvalue weighted by molar-refractivity contribution is 5.80. The maximum atomic E-state index is 11.7. The molecule has 0 aromatic rings. The second-order valence-corrected chi connectivity index (χ2v) is 5.08. The smallest absolute Gasteiger partial charge is 0.326 e. The van der Waals surface area contributed by atoms with Crippen LogP contribution in [-0.2, 0) is 9.53 Å². The fourth-order valence-corrected chi connectivity index (χ4v) is 2.45. The van der Waals surface area contributed by atoms with Gasteiger partial charge in [0, 0.05) is 0 Å². The Morgan fingerprint density at radius 1 is 1.27 bits per heavy atom. The minimum atomic E-state index is -0.653. The quantitative estimate of drug-likeness (QED) is 0.723. The first-order valence-electron chi connectivity index (χ1n) is 6.17. The molecule has 0 radical (unpaired) electrons. The van der Waals surface area contributed by atoms with Gasteiger partial charge in [0.05, 0.1) is 6.61 Å². The zero-order valence-corrected chi connectivity index (χ0v) is 9.34. The van der Waals surface area contributed by atoms with Gasteiger partial charge in [-0.1, -0.05) is 32.1 Å². The van der Waals surface area contributed by atoms with Gasteiger partial charge in [-0.25, -0.2) is 0 Å². The Balaban J connectivity index is 1.67. The normalized spacial score (nSPS) is 24.9. The van der Waals surface area contributed by atoms with Crippen LogP contribution >= 0.6 is 0 Å². The summed E-state index contributed by atoms with van der Waals surface area (Å²) in [7, 11) is 0. The van der Waals surface area contributed by atoms with E-state index < -0.39 is 5.54 Å². The highest BCUT2D eigenvalue weighted by atomic mass is 16.5. The van der Waals surface area contributed by atoms with Crippen molar-refractivity contribution < 1.29 is 9.53 Å². The summed E-state index contributed by atoms with van der Waals surface area (Å²) in [5.41, 5.74) is 5.34. The molecule has 0 aliphatic heterocycles. The molecule has 2 rings (SSSR count). The van der Waals surface area contributed by atoms with Crippen molar-refractivity contribution in [3.05, 3.63) is 0 Å². The van der Waals surface area contributed by atoms with Gasteiger partial charge >= 0.3 is 5.97 Å². The van der Waals surface area contributed by atoms with Crippen molar-refractivity contribution in [1.29, 1.82) is 0 Å². The predicted molar refractivity (Wildman–Crippen MR) is 58.3 cm³/mol. The minimum Gasteiger partial charge on any atom is -0.464 e. The zero-order valence-electron chi connectivity index (χ0n) is 9.34. The molecule has 0 aromatic heterocycles. The Labute approximate surface area is 91.4 Å². The first-order valence-corrected chi connectivity index (χ1v) is 6.17. The van der Waals surface area contributed by atoms with Crippen LogP contribution in [0.25, 0.3) is 0 Å². The number of hydrogen-bond donors (Lipinski definition) is 1. The monoisotopic (exact) mass is 211 g/mol. The molecule has 0 aromatic carbocycles. The maximum Gasteiger partial charge on any atom is 0.326 e. The number of nitrogens with two attached hydrogens (primary N) is 1. The number of carbonyl (C=O) groups excluding carboxylic acids is 1. The van der Waals surface area contributed by atoms with E-state index in [9.17, 15) is 4.79 Å². The summed E-state index contributed by atoms with van der Waals surface area (Å²) >= 11 is 0. The van der Waals surface area contributed by atoms with E-state index in [1.807, 2.05) is 0 Å². The van der Waals surface area contributed by atoms with Crippen LogP contribution in [0, 0.1) is 5.92 Å². The summed E-state index contributed by atoms with van der Waals surface area (Å²) in [5, 5.41) is 0. The van der Waals surface area contributed by atoms with Gasteiger partial charge in [-0.2, -0.15) is 0 Å². The lowest BCUT2D eigenvalue weighted by Crippen LogP contribution is -2.46. The summed E-state index contributed by atoms with van der Waals surface area (Å²) < 4.78 is 5.27. The van der Waals surface area contributed by atoms with E-state index in [4.69, 9.17) is 10.5 Å². The molecule has 0 amide bonds. The van der Waals surface area contributed by atoms with Crippen molar-refractivity contribution in [2.24, 2.45) is 11.7 Å². The Bertz CT molecular complexity index is 230. The second kappa shape index (κ2) is 4.52. The lowest BCUT2D eigenvalue weighted by molar-refractivity contribution is -0.150. The van der Waals surface area contributed by atoms with Crippen molar-refractivity contribution in [2.75, 3.05) is 6.61 Å². The molecule has 15 heavy (non-hydrogen) atoms. The topological polar surface area (TPSA) is 52.3 Å². The molecule has 2 aliphatic carbocycles. The van der Waals surface area contributed by atoms with Gasteiger partial charge in [-0.15, -0.1) is 0 Å². The van der Waals surface area contributed by atoms with Gasteiger partial charge in [0.15, 0.2) is 0 Å². The van der Waals surface area contributed by atoms with E-state index in [1.54, 1.807) is 0 Å². The second-order valence-electron chi connectivity index (χ2n) is 5.08. The Morgan fingerprint density at radius 3 is 2.47 bits per heavy atom. The highest BCUT2D eigenvalue weighted by Gasteiger charge is 2.38. The number of rotatable bonds is 4. The first-order chi connectivity index (χ1) is 7.21. The molecular formula is C12H21NO2. The van der Waals surface area contributed by atoms with Crippen LogP contribution in [0.3, 0.4) is 0 Å². The van der Waals surface area contributed by atoms with Gasteiger partial charge in [0.1, 0.15) is 5.54 Å². The molecule has 0 bridgehead atoms. The van der Waals surface area contributed by atoms with E-state index in [-0.39, 0.29) is 5.97 Å². The van der Waals surface area contributed by atoms with Gasteiger partial charge in [-0.05, 0) is 25.2 Å². The van der Waals surface area contributed by atoms with E-state index >= 15 is 0 Å². The molecule has 0 heterocycles. The number of esters is 1. The summed E-state index contributed by atoms with van der Waals surface area (Å²) in [6.45, 7) is 0.572. The van der Waals surface area contributed by atoms with Gasteiger partial charge in [0.2, 0.25) is 0 Å². The van der Waals surface area contributed by atoms with Crippen LogP contribution in [0.1, 0.15) is 51.4 Å². The molecular weight excluding hydrogens is 190 g/mol. The van der Waals surface area contributed by atoms with Crippen LogP contribution in [0.5, 0.6) is 0 Å². The van der Waals surface area contributed by atoms with Crippen LogP contribution < -0.4 is 5.73 Å². The Morgan fingerprint density at radius 2 is 1.93 bits per heavy atom. The fourth-order valence-electron chi connectivity index (χ4n) is 2.45. The van der Waals surface area contributed by atoms with Crippen molar-refractivity contribution in [3.8, 4) is 0 Å². The van der Waals surface area contributed by atoms with Gasteiger partial charge in [0.25, 0.3) is 0 Å². The minimum absolute atomic E-state index is 0.167. The zero-order chi connectivity index (χ0) is 10.7. The van der Waals surface area contributed by atoms with Crippen LogP contribution in [0.2, 0.25) is 0 Å². The van der Waals surface area contributed by atoms with E-state index in [2.05, 4.69) is 0 Å².